The second-order valence-corrected chi connectivity index (χ2v) is 5.08. The Balaban J connectivity index is 1.79. The highest BCUT2D eigenvalue weighted by atomic mass is 35.5. The number of aryl methyl sites for hydroxylation is 1. The first-order chi connectivity index (χ1) is 10.2. The molecule has 110 valence electrons. The number of ether oxygens (including phenoxy) is 2. The van der Waals surface area contributed by atoms with Crippen LogP contribution < -0.4 is 4.74 Å². The number of hydrogen-bond acceptors (Lipinski definition) is 3. The van der Waals surface area contributed by atoms with E-state index in [1.165, 1.54) is 0 Å². The number of benzene rings is 2. The third kappa shape index (κ3) is 5.12. The fourth-order valence-electron chi connectivity index (χ4n) is 1.94. The lowest BCUT2D eigenvalue weighted by Crippen LogP contribution is -2.06. The van der Waals surface area contributed by atoms with Gasteiger partial charge in [0.25, 0.3) is 0 Å². The minimum Gasteiger partial charge on any atom is -0.497 e. The number of esters is 1. The molecule has 3 nitrogen and oxygen atoms in total. The van der Waals surface area contributed by atoms with E-state index in [1.807, 2.05) is 48.5 Å². The molecule has 0 fully saturated rings. The Morgan fingerprint density at radius 2 is 1.86 bits per heavy atom. The smallest absolute Gasteiger partial charge is 0.306 e. The molecular weight excluding hydrogens is 288 g/mol. The SMILES string of the molecule is COc1cccc(COC(=O)CCc2cccc(Cl)c2)c1. The van der Waals surface area contributed by atoms with Crippen molar-refractivity contribution in [2.75, 3.05) is 7.11 Å². The highest BCUT2D eigenvalue weighted by molar-refractivity contribution is 6.30. The van der Waals surface area contributed by atoms with Crippen molar-refractivity contribution in [3.05, 3.63) is 64.7 Å². The lowest BCUT2D eigenvalue weighted by Gasteiger charge is -2.07. The van der Waals surface area contributed by atoms with Crippen molar-refractivity contribution in [1.82, 2.24) is 0 Å². The van der Waals surface area contributed by atoms with Crippen LogP contribution in [0.3, 0.4) is 0 Å². The molecule has 0 aromatic heterocycles. The van der Waals surface area contributed by atoms with Gasteiger partial charge in [0.05, 0.1) is 7.11 Å². The molecule has 2 aromatic carbocycles. The zero-order valence-electron chi connectivity index (χ0n) is 11.8. The molecule has 0 saturated carbocycles. The summed E-state index contributed by atoms with van der Waals surface area (Å²) in [6.45, 7) is 0.256. The van der Waals surface area contributed by atoms with E-state index in [0.29, 0.717) is 17.9 Å². The van der Waals surface area contributed by atoms with Crippen LogP contribution in [0.15, 0.2) is 48.5 Å². The largest absolute Gasteiger partial charge is 0.497 e. The predicted molar refractivity (Wildman–Crippen MR) is 82.6 cm³/mol. The maximum atomic E-state index is 11.7. The van der Waals surface area contributed by atoms with E-state index < -0.39 is 0 Å². The predicted octanol–water partition coefficient (Wildman–Crippen LogP) is 4.02. The van der Waals surface area contributed by atoms with Gasteiger partial charge in [0, 0.05) is 11.4 Å². The van der Waals surface area contributed by atoms with Gasteiger partial charge >= 0.3 is 5.97 Å². The Hall–Kier alpha value is -2.00. The number of rotatable bonds is 6. The maximum Gasteiger partial charge on any atom is 0.306 e. The molecule has 0 saturated heterocycles. The fraction of sp³-hybridized carbons (Fsp3) is 0.235. The molecule has 0 heterocycles. The monoisotopic (exact) mass is 304 g/mol. The molecular formula is C17H17ClO3. The summed E-state index contributed by atoms with van der Waals surface area (Å²) in [6.07, 6.45) is 0.960. The first kappa shape index (κ1) is 15.4. The van der Waals surface area contributed by atoms with Gasteiger partial charge in [0.1, 0.15) is 12.4 Å². The summed E-state index contributed by atoms with van der Waals surface area (Å²) < 4.78 is 10.4. The summed E-state index contributed by atoms with van der Waals surface area (Å²) in [5.41, 5.74) is 1.94. The van der Waals surface area contributed by atoms with Crippen LogP contribution in [0.2, 0.25) is 5.02 Å². The van der Waals surface area contributed by atoms with Crippen molar-refractivity contribution >= 4 is 17.6 Å². The first-order valence-electron chi connectivity index (χ1n) is 6.70. The van der Waals surface area contributed by atoms with Crippen molar-refractivity contribution in [2.24, 2.45) is 0 Å². The van der Waals surface area contributed by atoms with Gasteiger partial charge in [-0.2, -0.15) is 0 Å². The summed E-state index contributed by atoms with van der Waals surface area (Å²) in [5, 5.41) is 0.678. The third-order valence-corrected chi connectivity index (χ3v) is 3.28. The van der Waals surface area contributed by atoms with Crippen molar-refractivity contribution < 1.29 is 14.3 Å². The van der Waals surface area contributed by atoms with E-state index in [2.05, 4.69) is 0 Å². The van der Waals surface area contributed by atoms with Crippen LogP contribution in [0.25, 0.3) is 0 Å². The Morgan fingerprint density at radius 3 is 2.62 bits per heavy atom. The number of hydrogen-bond donors (Lipinski definition) is 0. The van der Waals surface area contributed by atoms with Gasteiger partial charge in [-0.05, 0) is 41.8 Å². The van der Waals surface area contributed by atoms with Gasteiger partial charge in [-0.3, -0.25) is 4.79 Å². The number of carbonyl (C=O) groups excluding carboxylic acids is 1. The zero-order valence-corrected chi connectivity index (χ0v) is 12.6. The van der Waals surface area contributed by atoms with Gasteiger partial charge in [-0.15, -0.1) is 0 Å². The van der Waals surface area contributed by atoms with Crippen LogP contribution in [-0.4, -0.2) is 13.1 Å². The standard InChI is InChI=1S/C17H17ClO3/c1-20-16-7-3-5-14(11-16)12-21-17(19)9-8-13-4-2-6-15(18)10-13/h2-7,10-11H,8-9,12H2,1H3. The summed E-state index contributed by atoms with van der Waals surface area (Å²) >= 11 is 5.90. The number of methoxy groups -OCH3 is 1. The molecule has 0 aliphatic carbocycles. The zero-order chi connectivity index (χ0) is 15.1. The second-order valence-electron chi connectivity index (χ2n) is 4.64. The average molecular weight is 305 g/mol. The third-order valence-electron chi connectivity index (χ3n) is 3.04. The van der Waals surface area contributed by atoms with Gasteiger partial charge in [-0.1, -0.05) is 35.9 Å². The molecule has 0 radical (unpaired) electrons. The molecule has 2 rings (SSSR count). The Labute approximate surface area is 129 Å². The molecule has 0 N–H and O–H groups in total. The number of carbonyl (C=O) groups is 1. The Bertz CT molecular complexity index is 610. The van der Waals surface area contributed by atoms with E-state index in [-0.39, 0.29) is 12.6 Å². The quantitative estimate of drug-likeness (QED) is 0.756. The van der Waals surface area contributed by atoms with Crippen molar-refractivity contribution in [3.63, 3.8) is 0 Å². The van der Waals surface area contributed by atoms with Crippen LogP contribution in [-0.2, 0) is 22.6 Å². The molecule has 0 bridgehead atoms. The Kier molecular flexibility index (Phi) is 5.64. The normalized spacial score (nSPS) is 10.2. The van der Waals surface area contributed by atoms with Gasteiger partial charge in [0.2, 0.25) is 0 Å². The highest BCUT2D eigenvalue weighted by Gasteiger charge is 2.05. The van der Waals surface area contributed by atoms with Crippen LogP contribution in [0.5, 0.6) is 5.75 Å². The lowest BCUT2D eigenvalue weighted by atomic mass is 10.1. The summed E-state index contributed by atoms with van der Waals surface area (Å²) in [6, 6.07) is 15.0. The molecule has 0 aliphatic rings. The minimum atomic E-state index is -0.224. The highest BCUT2D eigenvalue weighted by Crippen LogP contribution is 2.15. The molecule has 0 spiro atoms. The van der Waals surface area contributed by atoms with E-state index in [0.717, 1.165) is 16.9 Å². The second kappa shape index (κ2) is 7.70. The molecule has 0 amide bonds. The minimum absolute atomic E-state index is 0.224. The van der Waals surface area contributed by atoms with Crippen molar-refractivity contribution in [3.8, 4) is 5.75 Å². The van der Waals surface area contributed by atoms with E-state index >= 15 is 0 Å². The molecule has 0 unspecified atom stereocenters. The topological polar surface area (TPSA) is 35.5 Å². The fourth-order valence-corrected chi connectivity index (χ4v) is 2.15. The number of halogens is 1. The van der Waals surface area contributed by atoms with Crippen LogP contribution in [0.1, 0.15) is 17.5 Å². The van der Waals surface area contributed by atoms with Crippen molar-refractivity contribution in [1.29, 1.82) is 0 Å². The first-order valence-corrected chi connectivity index (χ1v) is 7.08. The van der Waals surface area contributed by atoms with Crippen LogP contribution in [0.4, 0.5) is 0 Å². The van der Waals surface area contributed by atoms with Crippen molar-refractivity contribution in [2.45, 2.75) is 19.4 Å². The molecule has 0 aliphatic heterocycles. The van der Waals surface area contributed by atoms with Crippen LogP contribution >= 0.6 is 11.6 Å². The summed E-state index contributed by atoms with van der Waals surface area (Å²) in [7, 11) is 1.61. The molecule has 21 heavy (non-hydrogen) atoms. The maximum absolute atomic E-state index is 11.7. The Morgan fingerprint density at radius 1 is 1.10 bits per heavy atom. The molecule has 2 aromatic rings. The van der Waals surface area contributed by atoms with Gasteiger partial charge in [0.15, 0.2) is 0 Å². The van der Waals surface area contributed by atoms with E-state index in [1.54, 1.807) is 7.11 Å². The summed E-state index contributed by atoms with van der Waals surface area (Å²) in [4.78, 5) is 11.7. The average Bonchev–Trinajstić information content (AvgIpc) is 2.51. The van der Waals surface area contributed by atoms with Gasteiger partial charge in [-0.25, -0.2) is 0 Å². The molecule has 0 atom stereocenters. The van der Waals surface area contributed by atoms with E-state index in [9.17, 15) is 4.79 Å². The molecule has 4 heteroatoms. The summed E-state index contributed by atoms with van der Waals surface area (Å²) in [5.74, 6) is 0.528. The van der Waals surface area contributed by atoms with Gasteiger partial charge < -0.3 is 9.47 Å². The lowest BCUT2D eigenvalue weighted by molar-refractivity contribution is -0.144. The van der Waals surface area contributed by atoms with Crippen LogP contribution in [0, 0.1) is 0 Å². The van der Waals surface area contributed by atoms with E-state index in [4.69, 9.17) is 21.1 Å².